The van der Waals surface area contributed by atoms with Crippen LogP contribution in [0.2, 0.25) is 0 Å². The minimum absolute atomic E-state index is 0.376. The van der Waals surface area contributed by atoms with E-state index in [9.17, 15) is 4.39 Å². The Bertz CT molecular complexity index is 422. The smallest absolute Gasteiger partial charge is 0.128 e. The zero-order chi connectivity index (χ0) is 9.97. The fourth-order valence-electron chi connectivity index (χ4n) is 1.65. The molecule has 74 valence electrons. The predicted molar refractivity (Wildman–Crippen MR) is 55.8 cm³/mol. The number of fused-ring (bicyclic) bond motifs is 1. The molecule has 0 bridgehead atoms. The number of halogens is 1. The molecule has 0 radical (unpaired) electrons. The molecule has 0 saturated heterocycles. The van der Waals surface area contributed by atoms with Gasteiger partial charge in [-0.2, -0.15) is 0 Å². The van der Waals surface area contributed by atoms with E-state index in [0.29, 0.717) is 18.5 Å². The normalized spacial score (nSPS) is 13.3. The molecule has 0 aliphatic rings. The molecule has 0 aliphatic carbocycles. The predicted octanol–water partition coefficient (Wildman–Crippen LogP) is 2.53. The third-order valence-electron chi connectivity index (χ3n) is 2.38. The van der Waals surface area contributed by atoms with Crippen LogP contribution in [0.3, 0.4) is 0 Å². The summed E-state index contributed by atoms with van der Waals surface area (Å²) in [6.45, 7) is 0.376. The lowest BCUT2D eigenvalue weighted by Crippen LogP contribution is -2.03. The van der Waals surface area contributed by atoms with Gasteiger partial charge >= 0.3 is 0 Å². The first kappa shape index (κ1) is 9.21. The molecule has 1 atom stereocenters. The minimum atomic E-state index is -0.962. The van der Waals surface area contributed by atoms with Gasteiger partial charge in [-0.15, -0.1) is 0 Å². The molecule has 0 fully saturated rings. The van der Waals surface area contributed by atoms with Crippen LogP contribution in [-0.2, 0) is 0 Å². The van der Waals surface area contributed by atoms with Crippen molar-refractivity contribution in [1.82, 2.24) is 4.98 Å². The van der Waals surface area contributed by atoms with E-state index in [1.54, 1.807) is 6.20 Å². The first-order valence-corrected chi connectivity index (χ1v) is 4.73. The van der Waals surface area contributed by atoms with Crippen LogP contribution in [0.15, 0.2) is 30.5 Å². The van der Waals surface area contributed by atoms with Gasteiger partial charge < -0.3 is 10.7 Å². The van der Waals surface area contributed by atoms with Crippen LogP contribution in [-0.4, -0.2) is 11.5 Å². The van der Waals surface area contributed by atoms with Gasteiger partial charge in [-0.25, -0.2) is 4.39 Å². The molecule has 3 N–H and O–H groups in total. The number of para-hydroxylation sites is 1. The average Bonchev–Trinajstić information content (AvgIpc) is 2.61. The van der Waals surface area contributed by atoms with E-state index in [4.69, 9.17) is 5.73 Å². The summed E-state index contributed by atoms with van der Waals surface area (Å²) in [6, 6.07) is 7.70. The highest BCUT2D eigenvalue weighted by atomic mass is 19.1. The van der Waals surface area contributed by atoms with Gasteiger partial charge in [-0.1, -0.05) is 18.2 Å². The number of hydrogen-bond donors (Lipinski definition) is 2. The Labute approximate surface area is 81.9 Å². The van der Waals surface area contributed by atoms with E-state index < -0.39 is 6.17 Å². The van der Waals surface area contributed by atoms with Gasteiger partial charge in [0.15, 0.2) is 0 Å². The lowest BCUT2D eigenvalue weighted by molar-refractivity contribution is 0.330. The fourth-order valence-corrected chi connectivity index (χ4v) is 1.65. The molecule has 0 amide bonds. The zero-order valence-electron chi connectivity index (χ0n) is 7.83. The van der Waals surface area contributed by atoms with Crippen molar-refractivity contribution in [2.75, 3.05) is 6.54 Å². The van der Waals surface area contributed by atoms with Crippen LogP contribution in [0.4, 0.5) is 4.39 Å². The van der Waals surface area contributed by atoms with Crippen LogP contribution in [0.5, 0.6) is 0 Å². The first-order valence-electron chi connectivity index (χ1n) is 4.73. The molecule has 2 rings (SSSR count). The molecule has 14 heavy (non-hydrogen) atoms. The number of alkyl halides is 1. The molecule has 1 aromatic carbocycles. The summed E-state index contributed by atoms with van der Waals surface area (Å²) in [6.07, 6.45) is 1.14. The Morgan fingerprint density at radius 3 is 2.93 bits per heavy atom. The zero-order valence-corrected chi connectivity index (χ0v) is 7.83. The van der Waals surface area contributed by atoms with Gasteiger partial charge in [0, 0.05) is 22.7 Å². The monoisotopic (exact) mass is 192 g/mol. The molecule has 1 unspecified atom stereocenters. The molecule has 1 heterocycles. The number of rotatable bonds is 3. The van der Waals surface area contributed by atoms with Gasteiger partial charge in [0.2, 0.25) is 0 Å². The van der Waals surface area contributed by atoms with Crippen LogP contribution in [0.25, 0.3) is 10.9 Å². The molecular formula is C11H13FN2. The maximum atomic E-state index is 13.6. The first-order chi connectivity index (χ1) is 6.83. The van der Waals surface area contributed by atoms with E-state index in [-0.39, 0.29) is 0 Å². The number of aromatic amines is 1. The number of nitrogens with one attached hydrogen (secondary N) is 1. The van der Waals surface area contributed by atoms with Crippen LogP contribution < -0.4 is 5.73 Å². The molecule has 0 spiro atoms. The SMILES string of the molecule is NCCC(F)c1c[nH]c2ccccc12. The fraction of sp³-hybridized carbons (Fsp3) is 0.273. The highest BCUT2D eigenvalue weighted by Gasteiger charge is 2.12. The van der Waals surface area contributed by atoms with Gasteiger partial charge in [-0.3, -0.25) is 0 Å². The number of aromatic nitrogens is 1. The lowest BCUT2D eigenvalue weighted by atomic mass is 10.1. The van der Waals surface area contributed by atoms with Crippen molar-refractivity contribution in [1.29, 1.82) is 0 Å². The highest BCUT2D eigenvalue weighted by Crippen LogP contribution is 2.28. The van der Waals surface area contributed by atoms with E-state index in [1.807, 2.05) is 24.3 Å². The van der Waals surface area contributed by atoms with Crippen molar-refractivity contribution in [2.24, 2.45) is 5.73 Å². The Kier molecular flexibility index (Phi) is 2.50. The van der Waals surface area contributed by atoms with Gasteiger partial charge in [-0.05, 0) is 19.0 Å². The maximum absolute atomic E-state index is 13.6. The van der Waals surface area contributed by atoms with E-state index in [2.05, 4.69) is 4.98 Å². The summed E-state index contributed by atoms with van der Waals surface area (Å²) in [5.74, 6) is 0. The van der Waals surface area contributed by atoms with Crippen LogP contribution in [0, 0.1) is 0 Å². The standard InChI is InChI=1S/C11H13FN2/c12-10(5-6-13)9-7-14-11-4-2-1-3-8(9)11/h1-4,7,10,14H,5-6,13H2. The highest BCUT2D eigenvalue weighted by molar-refractivity contribution is 5.83. The Balaban J connectivity index is 2.42. The summed E-state index contributed by atoms with van der Waals surface area (Å²) in [4.78, 5) is 3.05. The Morgan fingerprint density at radius 2 is 2.14 bits per heavy atom. The number of nitrogens with two attached hydrogens (primary N) is 1. The maximum Gasteiger partial charge on any atom is 0.128 e. The summed E-state index contributed by atoms with van der Waals surface area (Å²) in [5.41, 5.74) is 7.02. The summed E-state index contributed by atoms with van der Waals surface area (Å²) in [7, 11) is 0. The largest absolute Gasteiger partial charge is 0.361 e. The average molecular weight is 192 g/mol. The van der Waals surface area contributed by atoms with Crippen molar-refractivity contribution in [3.63, 3.8) is 0 Å². The van der Waals surface area contributed by atoms with E-state index >= 15 is 0 Å². The third-order valence-corrected chi connectivity index (χ3v) is 2.38. The number of hydrogen-bond acceptors (Lipinski definition) is 1. The van der Waals surface area contributed by atoms with Crippen molar-refractivity contribution < 1.29 is 4.39 Å². The van der Waals surface area contributed by atoms with E-state index in [1.165, 1.54) is 0 Å². The van der Waals surface area contributed by atoms with Gasteiger partial charge in [0.05, 0.1) is 0 Å². The van der Waals surface area contributed by atoms with Crippen LogP contribution in [0.1, 0.15) is 18.2 Å². The van der Waals surface area contributed by atoms with Crippen molar-refractivity contribution >= 4 is 10.9 Å². The second-order valence-electron chi connectivity index (χ2n) is 3.33. The third kappa shape index (κ3) is 1.51. The molecule has 2 aromatic rings. The molecular weight excluding hydrogens is 179 g/mol. The molecule has 3 heteroatoms. The second-order valence-corrected chi connectivity index (χ2v) is 3.33. The Hall–Kier alpha value is -1.35. The molecule has 0 aliphatic heterocycles. The Morgan fingerprint density at radius 1 is 1.36 bits per heavy atom. The number of H-pyrrole nitrogens is 1. The lowest BCUT2D eigenvalue weighted by Gasteiger charge is -2.04. The summed E-state index contributed by atoms with van der Waals surface area (Å²) >= 11 is 0. The summed E-state index contributed by atoms with van der Waals surface area (Å²) < 4.78 is 13.6. The second kappa shape index (κ2) is 3.80. The van der Waals surface area contributed by atoms with Crippen molar-refractivity contribution in [3.8, 4) is 0 Å². The van der Waals surface area contributed by atoms with Crippen molar-refractivity contribution in [2.45, 2.75) is 12.6 Å². The molecule has 1 aromatic heterocycles. The van der Waals surface area contributed by atoms with Gasteiger partial charge in [0.25, 0.3) is 0 Å². The topological polar surface area (TPSA) is 41.8 Å². The molecule has 2 nitrogen and oxygen atoms in total. The van der Waals surface area contributed by atoms with Gasteiger partial charge in [0.1, 0.15) is 6.17 Å². The van der Waals surface area contributed by atoms with Crippen molar-refractivity contribution in [3.05, 3.63) is 36.0 Å². The molecule has 0 saturated carbocycles. The number of benzene rings is 1. The van der Waals surface area contributed by atoms with E-state index in [0.717, 1.165) is 10.9 Å². The quantitative estimate of drug-likeness (QED) is 0.770. The minimum Gasteiger partial charge on any atom is -0.361 e. The van der Waals surface area contributed by atoms with Crippen LogP contribution >= 0.6 is 0 Å². The summed E-state index contributed by atoms with van der Waals surface area (Å²) in [5, 5.41) is 0.952.